The fraction of sp³-hybridized carbons (Fsp3) is 0.800. The number of hydrogen-bond acceptors (Lipinski definition) is 8. The molecule has 0 amide bonds. The standard InChI is InChI=1S/C20H34O8/c21-13-17-15(23)7-9-19(27-17)25-11-5-3-1-2-4-6-12-26-20-10-8-16(24)18(14-22)28-20/h7-10,15-24H,1-6,11-14H2/t15-,16-,17+,18+,19-,20-/m0/s1. The van der Waals surface area contributed by atoms with Crippen molar-refractivity contribution in [2.24, 2.45) is 0 Å². The van der Waals surface area contributed by atoms with Crippen LogP contribution in [0.2, 0.25) is 0 Å². The zero-order chi connectivity index (χ0) is 20.2. The van der Waals surface area contributed by atoms with Gasteiger partial charge in [-0.15, -0.1) is 0 Å². The summed E-state index contributed by atoms with van der Waals surface area (Å²) in [4.78, 5) is 0. The molecule has 0 bridgehead atoms. The zero-order valence-corrected chi connectivity index (χ0v) is 16.3. The highest BCUT2D eigenvalue weighted by Crippen LogP contribution is 2.16. The highest BCUT2D eigenvalue weighted by molar-refractivity contribution is 5.00. The zero-order valence-electron chi connectivity index (χ0n) is 16.3. The summed E-state index contributed by atoms with van der Waals surface area (Å²) in [6.07, 6.45) is 8.95. The molecule has 8 heteroatoms. The Kier molecular flexibility index (Phi) is 11.2. The molecule has 162 valence electrons. The minimum absolute atomic E-state index is 0.234. The molecule has 0 unspecified atom stereocenters. The van der Waals surface area contributed by atoms with Crippen molar-refractivity contribution in [3.05, 3.63) is 24.3 Å². The monoisotopic (exact) mass is 402 g/mol. The first-order valence-corrected chi connectivity index (χ1v) is 10.1. The molecule has 0 aromatic heterocycles. The first-order chi connectivity index (χ1) is 13.6. The number of aliphatic hydroxyl groups is 4. The summed E-state index contributed by atoms with van der Waals surface area (Å²) in [6, 6.07) is 0. The van der Waals surface area contributed by atoms with Gasteiger partial charge in [-0.1, -0.05) is 37.8 Å². The molecular weight excluding hydrogens is 368 g/mol. The van der Waals surface area contributed by atoms with Crippen LogP contribution in [0.4, 0.5) is 0 Å². The number of aliphatic hydroxyl groups excluding tert-OH is 4. The quantitative estimate of drug-likeness (QED) is 0.262. The van der Waals surface area contributed by atoms with Gasteiger partial charge in [0.05, 0.1) is 26.4 Å². The second kappa shape index (κ2) is 13.4. The fourth-order valence-corrected chi connectivity index (χ4v) is 3.06. The summed E-state index contributed by atoms with van der Waals surface area (Å²) in [7, 11) is 0. The largest absolute Gasteiger partial charge is 0.394 e. The molecule has 0 saturated heterocycles. The number of ether oxygens (including phenoxy) is 4. The van der Waals surface area contributed by atoms with Crippen LogP contribution in [0.3, 0.4) is 0 Å². The average Bonchev–Trinajstić information content (AvgIpc) is 2.71. The van der Waals surface area contributed by atoms with Crippen LogP contribution in [0.25, 0.3) is 0 Å². The van der Waals surface area contributed by atoms with Gasteiger partial charge in [-0.3, -0.25) is 0 Å². The maximum Gasteiger partial charge on any atom is 0.177 e. The van der Waals surface area contributed by atoms with Crippen LogP contribution >= 0.6 is 0 Å². The van der Waals surface area contributed by atoms with Crippen LogP contribution in [-0.4, -0.2) is 83.8 Å². The van der Waals surface area contributed by atoms with E-state index in [9.17, 15) is 10.2 Å². The van der Waals surface area contributed by atoms with Crippen molar-refractivity contribution in [2.75, 3.05) is 26.4 Å². The normalized spacial score (nSPS) is 32.7. The van der Waals surface area contributed by atoms with Crippen molar-refractivity contribution >= 4 is 0 Å². The van der Waals surface area contributed by atoms with Crippen molar-refractivity contribution < 1.29 is 39.4 Å². The van der Waals surface area contributed by atoms with E-state index in [1.165, 1.54) is 0 Å². The van der Waals surface area contributed by atoms with Gasteiger partial charge in [0.25, 0.3) is 0 Å². The molecule has 0 aliphatic carbocycles. The number of rotatable bonds is 13. The van der Waals surface area contributed by atoms with Crippen LogP contribution in [0.1, 0.15) is 38.5 Å². The maximum absolute atomic E-state index is 9.56. The lowest BCUT2D eigenvalue weighted by molar-refractivity contribution is -0.180. The van der Waals surface area contributed by atoms with Gasteiger partial charge in [0.15, 0.2) is 12.6 Å². The molecule has 2 rings (SSSR count). The Labute approximate surface area is 166 Å². The summed E-state index contributed by atoms with van der Waals surface area (Å²) in [5, 5.41) is 37.3. The van der Waals surface area contributed by atoms with Crippen LogP contribution in [0.5, 0.6) is 0 Å². The molecule has 2 heterocycles. The molecule has 0 aromatic carbocycles. The Morgan fingerprint density at radius 3 is 1.39 bits per heavy atom. The van der Waals surface area contributed by atoms with E-state index in [1.807, 2.05) is 0 Å². The Balaban J connectivity index is 1.40. The van der Waals surface area contributed by atoms with E-state index in [-0.39, 0.29) is 13.2 Å². The molecule has 6 atom stereocenters. The van der Waals surface area contributed by atoms with Crippen molar-refractivity contribution in [3.8, 4) is 0 Å². The molecule has 2 aliphatic heterocycles. The average molecular weight is 402 g/mol. The molecule has 0 aromatic rings. The molecule has 8 nitrogen and oxygen atoms in total. The summed E-state index contributed by atoms with van der Waals surface area (Å²) in [5.74, 6) is 0. The van der Waals surface area contributed by atoms with Crippen molar-refractivity contribution in [1.82, 2.24) is 0 Å². The predicted molar refractivity (Wildman–Crippen MR) is 101 cm³/mol. The van der Waals surface area contributed by atoms with Gasteiger partial charge < -0.3 is 39.4 Å². The fourth-order valence-electron chi connectivity index (χ4n) is 3.06. The Bertz CT molecular complexity index is 427. The van der Waals surface area contributed by atoms with Gasteiger partial charge in [0.2, 0.25) is 0 Å². The van der Waals surface area contributed by atoms with Gasteiger partial charge in [-0.05, 0) is 25.0 Å². The number of unbranched alkanes of at least 4 members (excludes halogenated alkanes) is 5. The van der Waals surface area contributed by atoms with Crippen LogP contribution in [0.15, 0.2) is 24.3 Å². The van der Waals surface area contributed by atoms with Gasteiger partial charge >= 0.3 is 0 Å². The minimum Gasteiger partial charge on any atom is -0.394 e. The SMILES string of the molecule is OC[C@H]1O[C@H](OCCCCCCCCO[C@@H]2C=C[C@H](O)[C@@H](CO)O2)C=C[C@@H]1O. The van der Waals surface area contributed by atoms with E-state index in [2.05, 4.69) is 0 Å². The Hall–Kier alpha value is -0.840. The Morgan fingerprint density at radius 1 is 0.607 bits per heavy atom. The smallest absolute Gasteiger partial charge is 0.177 e. The van der Waals surface area contributed by atoms with Gasteiger partial charge in [-0.2, -0.15) is 0 Å². The summed E-state index contributed by atoms with van der Waals surface area (Å²) in [6.45, 7) is 0.690. The lowest BCUT2D eigenvalue weighted by Crippen LogP contribution is -2.38. The highest BCUT2D eigenvalue weighted by Gasteiger charge is 2.26. The minimum atomic E-state index is -0.780. The molecule has 2 aliphatic rings. The van der Waals surface area contributed by atoms with Crippen molar-refractivity contribution in [2.45, 2.75) is 75.5 Å². The van der Waals surface area contributed by atoms with Crippen LogP contribution in [0, 0.1) is 0 Å². The third-order valence-corrected chi connectivity index (χ3v) is 4.77. The van der Waals surface area contributed by atoms with Gasteiger partial charge in [0, 0.05) is 0 Å². The second-order valence-corrected chi connectivity index (χ2v) is 7.06. The van der Waals surface area contributed by atoms with Gasteiger partial charge in [-0.25, -0.2) is 0 Å². The van der Waals surface area contributed by atoms with E-state index >= 15 is 0 Å². The molecule has 28 heavy (non-hydrogen) atoms. The highest BCUT2D eigenvalue weighted by atomic mass is 16.7. The summed E-state index contributed by atoms with van der Waals surface area (Å²) in [5.41, 5.74) is 0. The molecule has 4 N–H and O–H groups in total. The van der Waals surface area contributed by atoms with Crippen molar-refractivity contribution in [1.29, 1.82) is 0 Å². The molecule has 0 fully saturated rings. The van der Waals surface area contributed by atoms with E-state index in [0.717, 1.165) is 38.5 Å². The number of hydrogen-bond donors (Lipinski definition) is 4. The lowest BCUT2D eigenvalue weighted by Gasteiger charge is -2.28. The van der Waals surface area contributed by atoms with E-state index in [0.29, 0.717) is 13.2 Å². The summed E-state index contributed by atoms with van der Waals surface area (Å²) >= 11 is 0. The van der Waals surface area contributed by atoms with Crippen LogP contribution < -0.4 is 0 Å². The molecule has 0 saturated carbocycles. The molecular formula is C20H34O8. The first kappa shape index (κ1) is 23.4. The first-order valence-electron chi connectivity index (χ1n) is 10.1. The second-order valence-electron chi connectivity index (χ2n) is 7.06. The van der Waals surface area contributed by atoms with Crippen molar-refractivity contribution in [3.63, 3.8) is 0 Å². The Morgan fingerprint density at radius 2 is 1.00 bits per heavy atom. The lowest BCUT2D eigenvalue weighted by atomic mass is 10.1. The summed E-state index contributed by atoms with van der Waals surface area (Å²) < 4.78 is 22.0. The molecule has 0 spiro atoms. The topological polar surface area (TPSA) is 118 Å². The molecule has 0 radical (unpaired) electrons. The van der Waals surface area contributed by atoms with E-state index < -0.39 is 37.0 Å². The van der Waals surface area contributed by atoms with E-state index in [1.54, 1.807) is 24.3 Å². The van der Waals surface area contributed by atoms with Gasteiger partial charge in [0.1, 0.15) is 24.4 Å². The predicted octanol–water partition coefficient (Wildman–Crippen LogP) is 0.629. The third kappa shape index (κ3) is 8.26. The van der Waals surface area contributed by atoms with E-state index in [4.69, 9.17) is 29.2 Å². The van der Waals surface area contributed by atoms with Crippen LogP contribution in [-0.2, 0) is 18.9 Å². The third-order valence-electron chi connectivity index (χ3n) is 4.77. The maximum atomic E-state index is 9.56.